The van der Waals surface area contributed by atoms with Crippen LogP contribution in [0.5, 0.6) is 0 Å². The van der Waals surface area contributed by atoms with Crippen LogP contribution in [0.4, 0.5) is 8.78 Å². The molecule has 2 N–H and O–H groups in total. The molecule has 17 heavy (non-hydrogen) atoms. The fraction of sp³-hybridized carbons (Fsp3) is 0.167. The van der Waals surface area contributed by atoms with Gasteiger partial charge in [0.25, 0.3) is 0 Å². The molecule has 0 atom stereocenters. The number of benzene rings is 1. The summed E-state index contributed by atoms with van der Waals surface area (Å²) in [6.45, 7) is 0.307. The molecule has 1 aromatic heterocycles. The van der Waals surface area contributed by atoms with E-state index in [2.05, 4.69) is 9.97 Å². The average molecular weight is 235 g/mol. The lowest BCUT2D eigenvalue weighted by molar-refractivity contribution is 0.573. The van der Waals surface area contributed by atoms with Gasteiger partial charge in [-0.15, -0.1) is 0 Å². The number of halogens is 2. The van der Waals surface area contributed by atoms with Gasteiger partial charge in [0.05, 0.1) is 5.69 Å². The van der Waals surface area contributed by atoms with Gasteiger partial charge in [0.2, 0.25) is 0 Å². The van der Waals surface area contributed by atoms with Crippen LogP contribution in [0.1, 0.15) is 17.1 Å². The van der Waals surface area contributed by atoms with E-state index in [0.717, 1.165) is 6.07 Å². The van der Waals surface area contributed by atoms with Crippen molar-refractivity contribution in [3.05, 3.63) is 59.2 Å². The highest BCUT2D eigenvalue weighted by Gasteiger charge is 2.06. The fourth-order valence-electron chi connectivity index (χ4n) is 1.48. The second kappa shape index (κ2) is 4.97. The molecule has 0 unspecified atom stereocenters. The summed E-state index contributed by atoms with van der Waals surface area (Å²) in [5.41, 5.74) is 6.50. The highest BCUT2D eigenvalue weighted by atomic mass is 19.1. The summed E-state index contributed by atoms with van der Waals surface area (Å²) in [5, 5.41) is 0. The summed E-state index contributed by atoms with van der Waals surface area (Å²) in [5.74, 6) is -0.715. The van der Waals surface area contributed by atoms with Crippen molar-refractivity contribution < 1.29 is 8.78 Å². The van der Waals surface area contributed by atoms with Crippen molar-refractivity contribution in [1.29, 1.82) is 0 Å². The van der Waals surface area contributed by atoms with Crippen LogP contribution in [-0.4, -0.2) is 9.97 Å². The molecule has 2 rings (SSSR count). The zero-order valence-corrected chi connectivity index (χ0v) is 9.03. The summed E-state index contributed by atoms with van der Waals surface area (Å²) in [4.78, 5) is 8.17. The van der Waals surface area contributed by atoms with Crippen molar-refractivity contribution >= 4 is 0 Å². The van der Waals surface area contributed by atoms with Gasteiger partial charge in [0, 0.05) is 25.2 Å². The lowest BCUT2D eigenvalue weighted by atomic mass is 10.1. The third-order valence-corrected chi connectivity index (χ3v) is 2.34. The van der Waals surface area contributed by atoms with E-state index in [0.29, 0.717) is 23.6 Å². The van der Waals surface area contributed by atoms with E-state index in [4.69, 9.17) is 5.73 Å². The highest BCUT2D eigenvalue weighted by molar-refractivity contribution is 5.22. The van der Waals surface area contributed by atoms with Crippen LogP contribution in [-0.2, 0) is 13.0 Å². The van der Waals surface area contributed by atoms with E-state index < -0.39 is 11.6 Å². The molecule has 1 aromatic carbocycles. The van der Waals surface area contributed by atoms with Gasteiger partial charge in [-0.05, 0) is 17.7 Å². The van der Waals surface area contributed by atoms with Gasteiger partial charge in [-0.3, -0.25) is 0 Å². The summed E-state index contributed by atoms with van der Waals surface area (Å²) in [6, 6.07) is 5.15. The first-order valence-electron chi connectivity index (χ1n) is 5.14. The first kappa shape index (κ1) is 11.6. The van der Waals surface area contributed by atoms with Gasteiger partial charge in [-0.2, -0.15) is 0 Å². The summed E-state index contributed by atoms with van der Waals surface area (Å²) < 4.78 is 26.1. The predicted molar refractivity (Wildman–Crippen MR) is 59.1 cm³/mol. The van der Waals surface area contributed by atoms with Crippen LogP contribution in [0.3, 0.4) is 0 Å². The van der Waals surface area contributed by atoms with Crippen molar-refractivity contribution in [2.24, 2.45) is 5.73 Å². The van der Waals surface area contributed by atoms with Gasteiger partial charge >= 0.3 is 0 Å². The Labute approximate surface area is 97.3 Å². The van der Waals surface area contributed by atoms with Crippen molar-refractivity contribution in [1.82, 2.24) is 9.97 Å². The van der Waals surface area contributed by atoms with Gasteiger partial charge in [-0.25, -0.2) is 18.7 Å². The quantitative estimate of drug-likeness (QED) is 0.882. The second-order valence-corrected chi connectivity index (χ2v) is 3.58. The van der Waals surface area contributed by atoms with Crippen LogP contribution < -0.4 is 5.73 Å². The third kappa shape index (κ3) is 2.82. The minimum atomic E-state index is -0.595. The average Bonchev–Trinajstić information content (AvgIpc) is 2.33. The fourth-order valence-corrected chi connectivity index (χ4v) is 1.48. The highest BCUT2D eigenvalue weighted by Crippen LogP contribution is 2.12. The van der Waals surface area contributed by atoms with Crippen molar-refractivity contribution in [3.8, 4) is 0 Å². The molecule has 3 nitrogen and oxygen atoms in total. The molecular formula is C12H11F2N3. The standard InChI is InChI=1S/C12H11F2N3/c13-9-2-1-8(11(14)6-9)5-12-16-4-3-10(7-15)17-12/h1-4,6H,5,7,15H2. The Bertz CT molecular complexity index is 529. The van der Waals surface area contributed by atoms with Crippen molar-refractivity contribution in [3.63, 3.8) is 0 Å². The maximum atomic E-state index is 13.4. The molecule has 0 saturated carbocycles. The number of aromatic nitrogens is 2. The lowest BCUT2D eigenvalue weighted by Gasteiger charge is -2.03. The molecule has 0 aliphatic rings. The van der Waals surface area contributed by atoms with Crippen molar-refractivity contribution in [2.45, 2.75) is 13.0 Å². The molecule has 0 amide bonds. The summed E-state index contributed by atoms with van der Waals surface area (Å²) in [6.07, 6.45) is 1.80. The Kier molecular flexibility index (Phi) is 3.39. The van der Waals surface area contributed by atoms with Crippen LogP contribution in [0.15, 0.2) is 30.5 Å². The second-order valence-electron chi connectivity index (χ2n) is 3.58. The third-order valence-electron chi connectivity index (χ3n) is 2.34. The monoisotopic (exact) mass is 235 g/mol. The summed E-state index contributed by atoms with van der Waals surface area (Å²) in [7, 11) is 0. The zero-order chi connectivity index (χ0) is 12.3. The van der Waals surface area contributed by atoms with Crippen LogP contribution >= 0.6 is 0 Å². The first-order chi connectivity index (χ1) is 8.19. The summed E-state index contributed by atoms with van der Waals surface area (Å²) >= 11 is 0. The van der Waals surface area contributed by atoms with E-state index in [1.165, 1.54) is 12.1 Å². The lowest BCUT2D eigenvalue weighted by Crippen LogP contribution is -2.05. The molecule has 2 aromatic rings. The first-order valence-corrected chi connectivity index (χ1v) is 5.14. The normalized spacial score (nSPS) is 10.5. The Morgan fingerprint density at radius 3 is 2.71 bits per heavy atom. The smallest absolute Gasteiger partial charge is 0.133 e. The molecule has 0 aliphatic heterocycles. The topological polar surface area (TPSA) is 51.8 Å². The number of hydrogen-bond acceptors (Lipinski definition) is 3. The van der Waals surface area contributed by atoms with E-state index in [-0.39, 0.29) is 6.42 Å². The van der Waals surface area contributed by atoms with Crippen molar-refractivity contribution in [2.75, 3.05) is 0 Å². The molecule has 0 spiro atoms. The Morgan fingerprint density at radius 1 is 1.18 bits per heavy atom. The van der Waals surface area contributed by atoms with Crippen LogP contribution in [0, 0.1) is 11.6 Å². The molecule has 0 bridgehead atoms. The Morgan fingerprint density at radius 2 is 2.00 bits per heavy atom. The van der Waals surface area contributed by atoms with Gasteiger partial charge < -0.3 is 5.73 Å². The van der Waals surface area contributed by atoms with Gasteiger partial charge in [0.1, 0.15) is 17.5 Å². The minimum absolute atomic E-state index is 0.222. The van der Waals surface area contributed by atoms with Crippen LogP contribution in [0.25, 0.3) is 0 Å². The molecule has 1 heterocycles. The van der Waals surface area contributed by atoms with E-state index in [1.807, 2.05) is 0 Å². The molecule has 0 aliphatic carbocycles. The van der Waals surface area contributed by atoms with E-state index >= 15 is 0 Å². The molecule has 88 valence electrons. The maximum absolute atomic E-state index is 13.4. The van der Waals surface area contributed by atoms with Crippen LogP contribution in [0.2, 0.25) is 0 Å². The Hall–Kier alpha value is -1.88. The molecular weight excluding hydrogens is 224 g/mol. The number of rotatable bonds is 3. The number of nitrogens with two attached hydrogens (primary N) is 1. The van der Waals surface area contributed by atoms with Gasteiger partial charge in [0.15, 0.2) is 0 Å². The minimum Gasteiger partial charge on any atom is -0.325 e. The van der Waals surface area contributed by atoms with E-state index in [1.54, 1.807) is 12.3 Å². The zero-order valence-electron chi connectivity index (χ0n) is 9.03. The predicted octanol–water partition coefficient (Wildman–Crippen LogP) is 1.80. The number of nitrogens with zero attached hydrogens (tertiary/aromatic N) is 2. The SMILES string of the molecule is NCc1ccnc(Cc2ccc(F)cc2F)n1. The van der Waals surface area contributed by atoms with Gasteiger partial charge in [-0.1, -0.05) is 6.07 Å². The molecule has 5 heteroatoms. The maximum Gasteiger partial charge on any atom is 0.133 e. The number of hydrogen-bond donors (Lipinski definition) is 1. The largest absolute Gasteiger partial charge is 0.325 e. The molecule has 0 fully saturated rings. The van der Waals surface area contributed by atoms with E-state index in [9.17, 15) is 8.78 Å². The Balaban J connectivity index is 2.25. The molecule has 0 saturated heterocycles. The molecule has 0 radical (unpaired) electrons.